The van der Waals surface area contributed by atoms with E-state index in [0.29, 0.717) is 17.4 Å². The molecule has 7 nitrogen and oxygen atoms in total. The number of rotatable bonds is 2. The van der Waals surface area contributed by atoms with Crippen LogP contribution >= 0.6 is 15.9 Å². The lowest BCUT2D eigenvalue weighted by Gasteiger charge is -2.19. The van der Waals surface area contributed by atoms with Gasteiger partial charge in [0.2, 0.25) is 0 Å². The number of sulfone groups is 1. The molecule has 21 heavy (non-hydrogen) atoms. The van der Waals surface area contributed by atoms with Gasteiger partial charge >= 0.3 is 0 Å². The Morgan fingerprint density at radius 1 is 1.29 bits per heavy atom. The molecule has 2 rings (SSSR count). The Bertz CT molecular complexity index is 689. The van der Waals surface area contributed by atoms with Crippen molar-refractivity contribution in [2.45, 2.75) is 6.42 Å². The van der Waals surface area contributed by atoms with Crippen LogP contribution in [0.4, 0.5) is 5.69 Å². The summed E-state index contributed by atoms with van der Waals surface area (Å²) in [6, 6.07) is 4.13. The summed E-state index contributed by atoms with van der Waals surface area (Å²) >= 11 is 3.06. The summed E-state index contributed by atoms with van der Waals surface area (Å²) in [5, 5.41) is 10.9. The lowest BCUT2D eigenvalue weighted by atomic mass is 10.1. The SMILES string of the molecule is O=C(c1ccc(Br)c([N+](=O)[O-])c1)N1CCCS(=O)(=O)CC1. The molecule has 1 aromatic rings. The third kappa shape index (κ3) is 3.79. The summed E-state index contributed by atoms with van der Waals surface area (Å²) < 4.78 is 23.4. The molecule has 1 heterocycles. The zero-order valence-electron chi connectivity index (χ0n) is 11.0. The van der Waals surface area contributed by atoms with Crippen molar-refractivity contribution in [3.63, 3.8) is 0 Å². The fourth-order valence-electron chi connectivity index (χ4n) is 2.11. The van der Waals surface area contributed by atoms with E-state index in [0.717, 1.165) is 0 Å². The molecular weight excluding hydrogens is 364 g/mol. The maximum absolute atomic E-state index is 12.3. The second-order valence-corrected chi connectivity index (χ2v) is 7.88. The Morgan fingerprint density at radius 3 is 2.67 bits per heavy atom. The Morgan fingerprint density at radius 2 is 2.00 bits per heavy atom. The van der Waals surface area contributed by atoms with Crippen LogP contribution in [-0.2, 0) is 9.84 Å². The molecule has 0 saturated carbocycles. The second kappa shape index (κ2) is 6.10. The topological polar surface area (TPSA) is 97.6 Å². The summed E-state index contributed by atoms with van der Waals surface area (Å²) in [5.41, 5.74) is -0.00695. The molecule has 0 N–H and O–H groups in total. The van der Waals surface area contributed by atoms with Crippen molar-refractivity contribution in [2.24, 2.45) is 0 Å². The van der Waals surface area contributed by atoms with Gasteiger partial charge in [-0.25, -0.2) is 8.42 Å². The van der Waals surface area contributed by atoms with E-state index in [1.807, 2.05) is 0 Å². The first kappa shape index (κ1) is 15.9. The van der Waals surface area contributed by atoms with Gasteiger partial charge in [0.05, 0.1) is 20.9 Å². The zero-order valence-corrected chi connectivity index (χ0v) is 13.4. The third-order valence-electron chi connectivity index (χ3n) is 3.23. The standard InChI is InChI=1S/C12H13BrN2O5S/c13-10-3-2-9(8-11(10)15(17)18)12(16)14-4-1-6-21(19,20)7-5-14/h2-3,8H,1,4-7H2. The van der Waals surface area contributed by atoms with Crippen LogP contribution in [0.25, 0.3) is 0 Å². The molecule has 114 valence electrons. The van der Waals surface area contributed by atoms with Crippen LogP contribution in [0, 0.1) is 10.1 Å². The van der Waals surface area contributed by atoms with Gasteiger partial charge in [-0.1, -0.05) is 0 Å². The average Bonchev–Trinajstić information content (AvgIpc) is 2.59. The third-order valence-corrected chi connectivity index (χ3v) is 5.62. The van der Waals surface area contributed by atoms with Crippen LogP contribution in [0.2, 0.25) is 0 Å². The number of amides is 1. The van der Waals surface area contributed by atoms with Gasteiger partial charge in [-0.15, -0.1) is 0 Å². The number of carbonyl (C=O) groups is 1. The molecule has 0 radical (unpaired) electrons. The van der Waals surface area contributed by atoms with E-state index in [1.165, 1.54) is 23.1 Å². The quantitative estimate of drug-likeness (QED) is 0.576. The van der Waals surface area contributed by atoms with Gasteiger partial charge < -0.3 is 4.90 Å². The predicted octanol–water partition coefficient (Wildman–Crippen LogP) is 1.62. The Hall–Kier alpha value is -1.48. The number of halogens is 1. The molecule has 0 spiro atoms. The van der Waals surface area contributed by atoms with E-state index >= 15 is 0 Å². The van der Waals surface area contributed by atoms with Crippen molar-refractivity contribution in [3.05, 3.63) is 38.3 Å². The fraction of sp³-hybridized carbons (Fsp3) is 0.417. The van der Waals surface area contributed by atoms with Gasteiger partial charge in [0, 0.05) is 24.7 Å². The number of nitrogens with zero attached hydrogens (tertiary/aromatic N) is 2. The first-order valence-electron chi connectivity index (χ1n) is 6.24. The first-order chi connectivity index (χ1) is 9.80. The molecule has 1 aliphatic heterocycles. The largest absolute Gasteiger partial charge is 0.338 e. The number of hydrogen-bond donors (Lipinski definition) is 0. The minimum absolute atomic E-state index is 0.0667. The van der Waals surface area contributed by atoms with Crippen molar-refractivity contribution in [2.75, 3.05) is 24.6 Å². The Labute approximate surface area is 130 Å². The summed E-state index contributed by atoms with van der Waals surface area (Å²) in [6.07, 6.45) is 0.382. The molecule has 0 atom stereocenters. The predicted molar refractivity (Wildman–Crippen MR) is 80.0 cm³/mol. The molecule has 1 fully saturated rings. The second-order valence-electron chi connectivity index (χ2n) is 4.72. The average molecular weight is 377 g/mol. The fourth-order valence-corrected chi connectivity index (χ4v) is 3.77. The van der Waals surface area contributed by atoms with E-state index in [2.05, 4.69) is 15.9 Å². The molecule has 1 amide bonds. The monoisotopic (exact) mass is 376 g/mol. The van der Waals surface area contributed by atoms with Gasteiger partial charge in [0.15, 0.2) is 9.84 Å². The van der Waals surface area contributed by atoms with Crippen LogP contribution < -0.4 is 0 Å². The minimum atomic E-state index is -3.11. The van der Waals surface area contributed by atoms with Crippen molar-refractivity contribution >= 4 is 37.4 Å². The number of benzene rings is 1. The minimum Gasteiger partial charge on any atom is -0.338 e. The van der Waals surface area contributed by atoms with Gasteiger partial charge in [0.25, 0.3) is 11.6 Å². The Kier molecular flexibility index (Phi) is 4.62. The van der Waals surface area contributed by atoms with Gasteiger partial charge in [-0.3, -0.25) is 14.9 Å². The number of carbonyl (C=O) groups excluding carboxylic acids is 1. The smallest absolute Gasteiger partial charge is 0.284 e. The van der Waals surface area contributed by atoms with Crippen molar-refractivity contribution in [1.29, 1.82) is 0 Å². The molecule has 0 bridgehead atoms. The van der Waals surface area contributed by atoms with Crippen LogP contribution in [0.5, 0.6) is 0 Å². The van der Waals surface area contributed by atoms with Crippen LogP contribution in [-0.4, -0.2) is 48.7 Å². The van der Waals surface area contributed by atoms with Gasteiger partial charge in [0.1, 0.15) is 0 Å². The lowest BCUT2D eigenvalue weighted by molar-refractivity contribution is -0.385. The number of hydrogen-bond acceptors (Lipinski definition) is 5. The Balaban J connectivity index is 2.24. The van der Waals surface area contributed by atoms with Crippen molar-refractivity contribution in [1.82, 2.24) is 4.90 Å². The van der Waals surface area contributed by atoms with E-state index in [9.17, 15) is 23.3 Å². The number of nitro groups is 1. The maximum Gasteiger partial charge on any atom is 0.284 e. The van der Waals surface area contributed by atoms with Crippen molar-refractivity contribution in [3.8, 4) is 0 Å². The molecule has 0 aliphatic carbocycles. The number of nitro benzene ring substituents is 1. The van der Waals surface area contributed by atoms with Crippen LogP contribution in [0.3, 0.4) is 0 Å². The highest BCUT2D eigenvalue weighted by molar-refractivity contribution is 9.10. The summed E-state index contributed by atoms with van der Waals surface area (Å²) in [6.45, 7) is 0.451. The normalized spacial score (nSPS) is 18.0. The molecule has 1 aliphatic rings. The molecule has 0 aromatic heterocycles. The molecule has 1 saturated heterocycles. The highest BCUT2D eigenvalue weighted by Gasteiger charge is 2.25. The summed E-state index contributed by atoms with van der Waals surface area (Å²) in [4.78, 5) is 24.1. The summed E-state index contributed by atoms with van der Waals surface area (Å²) in [7, 11) is -3.11. The van der Waals surface area contributed by atoms with E-state index in [1.54, 1.807) is 0 Å². The van der Waals surface area contributed by atoms with Crippen LogP contribution in [0.15, 0.2) is 22.7 Å². The van der Waals surface area contributed by atoms with E-state index in [4.69, 9.17) is 0 Å². The van der Waals surface area contributed by atoms with Gasteiger partial charge in [-0.05, 0) is 34.5 Å². The molecule has 9 heteroatoms. The molecule has 1 aromatic carbocycles. The lowest BCUT2D eigenvalue weighted by Crippen LogP contribution is -2.33. The molecule has 0 unspecified atom stereocenters. The highest BCUT2D eigenvalue weighted by Crippen LogP contribution is 2.26. The van der Waals surface area contributed by atoms with Gasteiger partial charge in [-0.2, -0.15) is 0 Å². The highest BCUT2D eigenvalue weighted by atomic mass is 79.9. The van der Waals surface area contributed by atoms with E-state index < -0.39 is 14.8 Å². The maximum atomic E-state index is 12.3. The van der Waals surface area contributed by atoms with Crippen LogP contribution in [0.1, 0.15) is 16.8 Å². The zero-order chi connectivity index (χ0) is 15.6. The first-order valence-corrected chi connectivity index (χ1v) is 8.85. The summed E-state index contributed by atoms with van der Waals surface area (Å²) in [5.74, 6) is -0.392. The van der Waals surface area contributed by atoms with E-state index in [-0.39, 0.29) is 35.2 Å². The van der Waals surface area contributed by atoms with Crippen molar-refractivity contribution < 1.29 is 18.1 Å². The molecular formula is C12H13BrN2O5S.